The number of hydrogen-bond donors (Lipinski definition) is 2. The van der Waals surface area contributed by atoms with Crippen LogP contribution in [0.2, 0.25) is 5.02 Å². The quantitative estimate of drug-likeness (QED) is 0.817. The number of nitrogen functional groups attached to an aromatic ring is 1. The number of rotatable bonds is 3. The zero-order chi connectivity index (χ0) is 13.1. The Hall–Kier alpha value is -1.31. The molecule has 1 fully saturated rings. The van der Waals surface area contributed by atoms with Crippen molar-refractivity contribution < 1.29 is 14.3 Å². The topological polar surface area (TPSA) is 93.5 Å². The van der Waals surface area contributed by atoms with Crippen LogP contribution in [0, 0.1) is 0 Å². The van der Waals surface area contributed by atoms with Gasteiger partial charge in [-0.15, -0.1) is 0 Å². The van der Waals surface area contributed by atoms with Crippen LogP contribution >= 0.6 is 11.6 Å². The van der Waals surface area contributed by atoms with E-state index in [1.807, 2.05) is 0 Å². The molecule has 1 aromatic rings. The molecule has 0 saturated carbocycles. The number of carbonyl (C=O) groups excluding carboxylic acids is 1. The number of anilines is 1. The lowest BCUT2D eigenvalue weighted by molar-refractivity contribution is -0.0933. The Balaban J connectivity index is 1.98. The maximum Gasteiger partial charge on any atom is 0.273 e. The Bertz CT molecular complexity index is 431. The molecule has 1 atom stereocenters. The lowest BCUT2D eigenvalue weighted by Gasteiger charge is -2.27. The molecule has 3 N–H and O–H groups in total. The van der Waals surface area contributed by atoms with Crippen molar-refractivity contribution in [3.63, 3.8) is 0 Å². The fraction of sp³-hybridized carbons (Fsp3) is 0.600. The molecule has 0 radical (unpaired) electrons. The van der Waals surface area contributed by atoms with Crippen molar-refractivity contribution in [2.75, 3.05) is 39.1 Å². The molecule has 2 heterocycles. The molecule has 1 aliphatic heterocycles. The highest BCUT2D eigenvalue weighted by Crippen LogP contribution is 2.21. The standard InChI is InChI=1S/C10H15ClN4O3/c1-15(4-6-5-17-2-3-18-6)10(16)8-7(11)9(12)14-13-8/h6H,2-5H2,1H3,(H3,12,13,14)/t6-/m1/s1. The second-order valence-corrected chi connectivity index (χ2v) is 4.43. The van der Waals surface area contributed by atoms with Gasteiger partial charge in [0, 0.05) is 13.6 Å². The molecule has 18 heavy (non-hydrogen) atoms. The predicted molar refractivity (Wildman–Crippen MR) is 65.5 cm³/mol. The van der Waals surface area contributed by atoms with Crippen LogP contribution in [0.25, 0.3) is 0 Å². The van der Waals surface area contributed by atoms with Gasteiger partial charge < -0.3 is 20.1 Å². The number of amides is 1. The summed E-state index contributed by atoms with van der Waals surface area (Å²) in [6, 6.07) is 0. The summed E-state index contributed by atoms with van der Waals surface area (Å²) in [6.45, 7) is 2.05. The smallest absolute Gasteiger partial charge is 0.273 e. The monoisotopic (exact) mass is 274 g/mol. The van der Waals surface area contributed by atoms with Crippen LogP contribution in [0.15, 0.2) is 0 Å². The van der Waals surface area contributed by atoms with Crippen molar-refractivity contribution >= 4 is 23.3 Å². The average molecular weight is 275 g/mol. The molecule has 0 unspecified atom stereocenters. The van der Waals surface area contributed by atoms with Gasteiger partial charge in [0.2, 0.25) is 0 Å². The van der Waals surface area contributed by atoms with Crippen LogP contribution in [0.3, 0.4) is 0 Å². The second-order valence-electron chi connectivity index (χ2n) is 4.05. The van der Waals surface area contributed by atoms with Crippen molar-refractivity contribution in [1.29, 1.82) is 0 Å². The largest absolute Gasteiger partial charge is 0.381 e. The SMILES string of the molecule is CN(C[C@@H]1COCCO1)C(=O)c1[nH]nc(N)c1Cl. The van der Waals surface area contributed by atoms with Crippen LogP contribution in [0.1, 0.15) is 10.5 Å². The third-order valence-corrected chi connectivity index (χ3v) is 3.04. The number of aromatic nitrogens is 2. The molecule has 8 heteroatoms. The van der Waals surface area contributed by atoms with E-state index in [1.165, 1.54) is 4.90 Å². The van der Waals surface area contributed by atoms with E-state index in [-0.39, 0.29) is 28.5 Å². The number of nitrogens with two attached hydrogens (primary N) is 1. The van der Waals surface area contributed by atoms with E-state index >= 15 is 0 Å². The second kappa shape index (κ2) is 5.55. The lowest BCUT2D eigenvalue weighted by Crippen LogP contribution is -2.41. The van der Waals surface area contributed by atoms with E-state index in [0.29, 0.717) is 26.4 Å². The van der Waals surface area contributed by atoms with Gasteiger partial charge in [0.05, 0.1) is 25.9 Å². The van der Waals surface area contributed by atoms with Crippen LogP contribution < -0.4 is 5.73 Å². The minimum Gasteiger partial charge on any atom is -0.381 e. The summed E-state index contributed by atoms with van der Waals surface area (Å²) < 4.78 is 10.7. The molecule has 0 bridgehead atoms. The Kier molecular flexibility index (Phi) is 4.05. The van der Waals surface area contributed by atoms with Gasteiger partial charge in [-0.3, -0.25) is 9.89 Å². The van der Waals surface area contributed by atoms with Gasteiger partial charge in [-0.2, -0.15) is 5.10 Å². The van der Waals surface area contributed by atoms with Crippen LogP contribution in [0.5, 0.6) is 0 Å². The fourth-order valence-corrected chi connectivity index (χ4v) is 1.87. The number of nitrogens with zero attached hydrogens (tertiary/aromatic N) is 2. The molecular weight excluding hydrogens is 260 g/mol. The van der Waals surface area contributed by atoms with E-state index < -0.39 is 0 Å². The summed E-state index contributed by atoms with van der Waals surface area (Å²) in [4.78, 5) is 13.6. The Morgan fingerprint density at radius 1 is 1.67 bits per heavy atom. The van der Waals surface area contributed by atoms with Gasteiger partial charge in [0.25, 0.3) is 5.91 Å². The fourth-order valence-electron chi connectivity index (χ4n) is 1.71. The number of ether oxygens (including phenoxy) is 2. The highest BCUT2D eigenvalue weighted by Gasteiger charge is 2.23. The van der Waals surface area contributed by atoms with E-state index in [9.17, 15) is 4.79 Å². The molecule has 1 amide bonds. The maximum atomic E-state index is 12.1. The van der Waals surface area contributed by atoms with Crippen molar-refractivity contribution in [2.24, 2.45) is 0 Å². The number of halogens is 1. The van der Waals surface area contributed by atoms with E-state index in [2.05, 4.69) is 10.2 Å². The van der Waals surface area contributed by atoms with Gasteiger partial charge in [-0.05, 0) is 0 Å². The van der Waals surface area contributed by atoms with E-state index in [4.69, 9.17) is 26.8 Å². The van der Waals surface area contributed by atoms with Gasteiger partial charge >= 0.3 is 0 Å². The lowest BCUT2D eigenvalue weighted by atomic mass is 10.3. The zero-order valence-corrected chi connectivity index (χ0v) is 10.7. The number of likely N-dealkylation sites (N-methyl/N-ethyl adjacent to an activating group) is 1. The third-order valence-electron chi connectivity index (χ3n) is 2.66. The Morgan fingerprint density at radius 3 is 3.00 bits per heavy atom. The third kappa shape index (κ3) is 2.74. The molecule has 1 aliphatic rings. The molecule has 0 spiro atoms. The first-order valence-corrected chi connectivity index (χ1v) is 5.91. The van der Waals surface area contributed by atoms with Crippen molar-refractivity contribution in [3.8, 4) is 0 Å². The van der Waals surface area contributed by atoms with Gasteiger partial charge in [0.1, 0.15) is 10.7 Å². The summed E-state index contributed by atoms with van der Waals surface area (Å²) in [7, 11) is 1.66. The molecule has 0 aromatic carbocycles. The molecular formula is C10H15ClN4O3. The minimum atomic E-state index is -0.279. The molecule has 1 saturated heterocycles. The van der Waals surface area contributed by atoms with Gasteiger partial charge in [-0.1, -0.05) is 11.6 Å². The number of nitrogens with one attached hydrogen (secondary N) is 1. The van der Waals surface area contributed by atoms with Crippen molar-refractivity contribution in [1.82, 2.24) is 15.1 Å². The molecule has 7 nitrogen and oxygen atoms in total. The summed E-state index contributed by atoms with van der Waals surface area (Å²) in [5, 5.41) is 6.35. The van der Waals surface area contributed by atoms with E-state index in [1.54, 1.807) is 7.05 Å². The summed E-state index contributed by atoms with van der Waals surface area (Å²) in [6.07, 6.45) is -0.119. The number of hydrogen-bond acceptors (Lipinski definition) is 5. The Morgan fingerprint density at radius 2 is 2.44 bits per heavy atom. The maximum absolute atomic E-state index is 12.1. The first-order valence-electron chi connectivity index (χ1n) is 5.53. The van der Waals surface area contributed by atoms with Crippen LogP contribution in [-0.2, 0) is 9.47 Å². The molecule has 1 aromatic heterocycles. The molecule has 2 rings (SSSR count). The van der Waals surface area contributed by atoms with Crippen LogP contribution in [0.4, 0.5) is 5.82 Å². The average Bonchev–Trinajstić information content (AvgIpc) is 2.70. The summed E-state index contributed by atoms with van der Waals surface area (Å²) in [5.41, 5.74) is 5.66. The number of aromatic amines is 1. The van der Waals surface area contributed by atoms with Gasteiger partial charge in [0.15, 0.2) is 5.82 Å². The summed E-state index contributed by atoms with van der Waals surface area (Å²) >= 11 is 5.87. The van der Waals surface area contributed by atoms with Crippen molar-refractivity contribution in [2.45, 2.75) is 6.10 Å². The Labute approximate surface area is 109 Å². The first-order chi connectivity index (χ1) is 8.59. The van der Waals surface area contributed by atoms with Crippen LogP contribution in [-0.4, -0.2) is 60.5 Å². The first kappa shape index (κ1) is 13.1. The molecule has 100 valence electrons. The number of H-pyrrole nitrogens is 1. The zero-order valence-electron chi connectivity index (χ0n) is 9.98. The normalized spacial score (nSPS) is 19.8. The molecule has 0 aliphatic carbocycles. The van der Waals surface area contributed by atoms with Gasteiger partial charge in [-0.25, -0.2) is 0 Å². The van der Waals surface area contributed by atoms with Crippen molar-refractivity contribution in [3.05, 3.63) is 10.7 Å². The minimum absolute atomic E-state index is 0.116. The highest BCUT2D eigenvalue weighted by atomic mass is 35.5. The highest BCUT2D eigenvalue weighted by molar-refractivity contribution is 6.35. The van der Waals surface area contributed by atoms with E-state index in [0.717, 1.165) is 0 Å². The number of carbonyl (C=O) groups is 1. The predicted octanol–water partition coefficient (Wildman–Crippen LogP) is 0.133. The summed E-state index contributed by atoms with van der Waals surface area (Å²) in [5.74, 6) is -0.163.